The van der Waals surface area contributed by atoms with Gasteiger partial charge in [-0.1, -0.05) is 11.8 Å². The number of carbonyl (C=O) groups is 3. The third kappa shape index (κ3) is 1.97. The summed E-state index contributed by atoms with van der Waals surface area (Å²) in [6, 6.07) is 0. The Morgan fingerprint density at radius 1 is 1.58 bits per heavy atom. The molecule has 1 saturated heterocycles. The van der Waals surface area contributed by atoms with Gasteiger partial charge in [0.25, 0.3) is 5.12 Å². The first-order valence-electron chi connectivity index (χ1n) is 3.35. The van der Waals surface area contributed by atoms with Crippen LogP contribution >= 0.6 is 11.8 Å². The Balaban J connectivity index is 2.58. The maximum atomic E-state index is 11.0. The summed E-state index contributed by atoms with van der Waals surface area (Å²) in [7, 11) is 0. The summed E-state index contributed by atoms with van der Waals surface area (Å²) in [5.41, 5.74) is 4.88. The first-order chi connectivity index (χ1) is 5.61. The molecule has 6 heteroatoms. The molecule has 2 amide bonds. The molecule has 1 aliphatic heterocycles. The van der Waals surface area contributed by atoms with E-state index >= 15 is 0 Å². The van der Waals surface area contributed by atoms with E-state index in [1.807, 2.05) is 0 Å². The zero-order valence-electron chi connectivity index (χ0n) is 6.28. The Kier molecular flexibility index (Phi) is 2.69. The molecule has 0 aromatic heterocycles. The zero-order chi connectivity index (χ0) is 9.14. The van der Waals surface area contributed by atoms with Crippen molar-refractivity contribution in [1.29, 1.82) is 0 Å². The van der Waals surface area contributed by atoms with Gasteiger partial charge in [-0.05, 0) is 0 Å². The van der Waals surface area contributed by atoms with Gasteiger partial charge in [-0.3, -0.25) is 14.4 Å². The maximum Gasteiger partial charge on any atom is 0.301 e. The molecule has 0 aromatic rings. The molecule has 0 atom stereocenters. The molecule has 0 aromatic carbocycles. The van der Waals surface area contributed by atoms with Crippen molar-refractivity contribution in [2.45, 2.75) is 0 Å². The van der Waals surface area contributed by atoms with Crippen molar-refractivity contribution in [2.75, 3.05) is 18.8 Å². The highest BCUT2D eigenvalue weighted by Gasteiger charge is 2.27. The van der Waals surface area contributed by atoms with Crippen molar-refractivity contribution < 1.29 is 14.4 Å². The Morgan fingerprint density at radius 3 is 2.83 bits per heavy atom. The van der Waals surface area contributed by atoms with Gasteiger partial charge in [0.2, 0.25) is 5.91 Å². The summed E-state index contributed by atoms with van der Waals surface area (Å²) in [4.78, 5) is 33.4. The molecule has 2 N–H and O–H groups in total. The van der Waals surface area contributed by atoms with Crippen LogP contribution in [0.15, 0.2) is 0 Å². The number of amides is 2. The van der Waals surface area contributed by atoms with Gasteiger partial charge in [0.05, 0.1) is 6.54 Å². The Bertz CT molecular complexity index is 241. The van der Waals surface area contributed by atoms with Crippen molar-refractivity contribution in [1.82, 2.24) is 4.90 Å². The van der Waals surface area contributed by atoms with Crippen LogP contribution in [0, 0.1) is 0 Å². The fraction of sp³-hybridized carbons (Fsp3) is 0.500. The van der Waals surface area contributed by atoms with E-state index in [2.05, 4.69) is 0 Å². The van der Waals surface area contributed by atoms with Crippen LogP contribution < -0.4 is 5.73 Å². The molecule has 1 heterocycles. The Morgan fingerprint density at radius 2 is 2.25 bits per heavy atom. The molecular weight excluding hydrogens is 180 g/mol. The van der Waals surface area contributed by atoms with E-state index in [0.717, 1.165) is 11.8 Å². The van der Waals surface area contributed by atoms with Crippen LogP contribution in [-0.4, -0.2) is 40.7 Å². The van der Waals surface area contributed by atoms with E-state index in [-0.39, 0.29) is 6.54 Å². The van der Waals surface area contributed by atoms with Gasteiger partial charge in [-0.2, -0.15) is 0 Å². The standard InChI is InChI=1S/C6H8N2O3S/c7-4(9)3-8-1-2-12-6(11)5(8)10/h1-3H2,(H2,7,9). The van der Waals surface area contributed by atoms with Crippen molar-refractivity contribution in [2.24, 2.45) is 5.73 Å². The van der Waals surface area contributed by atoms with Crippen molar-refractivity contribution in [3.05, 3.63) is 0 Å². The second kappa shape index (κ2) is 3.57. The fourth-order valence-corrected chi connectivity index (χ4v) is 1.63. The lowest BCUT2D eigenvalue weighted by Crippen LogP contribution is -2.45. The molecule has 0 radical (unpaired) electrons. The van der Waals surface area contributed by atoms with Gasteiger partial charge < -0.3 is 10.6 Å². The van der Waals surface area contributed by atoms with Crippen LogP contribution in [0.1, 0.15) is 0 Å². The molecule has 0 bridgehead atoms. The minimum absolute atomic E-state index is 0.162. The molecular formula is C6H8N2O3S. The quantitative estimate of drug-likeness (QED) is 0.539. The number of hydrogen-bond acceptors (Lipinski definition) is 4. The van der Waals surface area contributed by atoms with Gasteiger partial charge in [0, 0.05) is 12.3 Å². The summed E-state index contributed by atoms with van der Waals surface area (Å²) >= 11 is 0.975. The molecule has 1 rings (SSSR count). The lowest BCUT2D eigenvalue weighted by molar-refractivity contribution is -0.142. The number of nitrogens with zero attached hydrogens (tertiary/aromatic N) is 1. The first-order valence-corrected chi connectivity index (χ1v) is 4.34. The van der Waals surface area contributed by atoms with E-state index in [1.165, 1.54) is 4.90 Å². The van der Waals surface area contributed by atoms with Crippen LogP contribution in [0.2, 0.25) is 0 Å². The highest BCUT2D eigenvalue weighted by atomic mass is 32.2. The van der Waals surface area contributed by atoms with Gasteiger partial charge >= 0.3 is 5.91 Å². The number of nitrogens with two attached hydrogens (primary N) is 1. The Labute approximate surface area is 73.3 Å². The zero-order valence-corrected chi connectivity index (χ0v) is 7.10. The SMILES string of the molecule is NC(=O)CN1CCSC(=O)C1=O. The molecule has 1 aliphatic rings. The van der Waals surface area contributed by atoms with Crippen LogP contribution in [0.3, 0.4) is 0 Å². The summed E-state index contributed by atoms with van der Waals surface area (Å²) in [5, 5.41) is -0.512. The highest BCUT2D eigenvalue weighted by molar-refractivity contribution is 8.15. The summed E-state index contributed by atoms with van der Waals surface area (Å²) in [5.74, 6) is -0.675. The number of thioether (sulfide) groups is 1. The molecule has 1 fully saturated rings. The average molecular weight is 188 g/mol. The van der Waals surface area contributed by atoms with Crippen molar-refractivity contribution in [3.63, 3.8) is 0 Å². The highest BCUT2D eigenvalue weighted by Crippen LogP contribution is 2.11. The Hall–Kier alpha value is -1.04. The molecule has 0 aliphatic carbocycles. The van der Waals surface area contributed by atoms with Gasteiger partial charge in [0.1, 0.15) is 0 Å². The summed E-state index contributed by atoms with van der Waals surface area (Å²) in [6.45, 7) is 0.253. The summed E-state index contributed by atoms with van der Waals surface area (Å²) < 4.78 is 0. The normalized spacial score (nSPS) is 18.2. The molecule has 0 unspecified atom stereocenters. The van der Waals surface area contributed by atoms with Crippen LogP contribution in [0.5, 0.6) is 0 Å². The van der Waals surface area contributed by atoms with E-state index in [0.29, 0.717) is 12.3 Å². The molecule has 0 spiro atoms. The van der Waals surface area contributed by atoms with Gasteiger partial charge in [-0.15, -0.1) is 0 Å². The first kappa shape index (κ1) is 9.05. The van der Waals surface area contributed by atoms with Crippen molar-refractivity contribution >= 4 is 28.7 Å². The smallest absolute Gasteiger partial charge is 0.301 e. The van der Waals surface area contributed by atoms with E-state index < -0.39 is 16.9 Å². The lowest BCUT2D eigenvalue weighted by Gasteiger charge is -2.23. The third-order valence-corrected chi connectivity index (χ3v) is 2.23. The van der Waals surface area contributed by atoms with Crippen LogP contribution in [0.4, 0.5) is 0 Å². The lowest BCUT2D eigenvalue weighted by atomic mass is 10.4. The predicted molar refractivity (Wildman–Crippen MR) is 43.2 cm³/mol. The second-order valence-electron chi connectivity index (χ2n) is 2.33. The second-order valence-corrected chi connectivity index (χ2v) is 3.40. The predicted octanol–water partition coefficient (Wildman–Crippen LogP) is -1.43. The largest absolute Gasteiger partial charge is 0.368 e. The summed E-state index contributed by atoms with van der Waals surface area (Å²) in [6.07, 6.45) is 0. The number of primary amides is 1. The maximum absolute atomic E-state index is 11.0. The fourth-order valence-electron chi connectivity index (χ4n) is 0.880. The molecule has 12 heavy (non-hydrogen) atoms. The molecule has 5 nitrogen and oxygen atoms in total. The van der Waals surface area contributed by atoms with Gasteiger partial charge in [0.15, 0.2) is 0 Å². The number of carbonyl (C=O) groups excluding carboxylic acids is 3. The average Bonchev–Trinajstić information content (AvgIpc) is 1.98. The minimum Gasteiger partial charge on any atom is -0.368 e. The number of rotatable bonds is 2. The third-order valence-electron chi connectivity index (χ3n) is 1.40. The van der Waals surface area contributed by atoms with Gasteiger partial charge in [-0.25, -0.2) is 0 Å². The molecule has 66 valence electrons. The van der Waals surface area contributed by atoms with E-state index in [4.69, 9.17) is 5.73 Å². The van der Waals surface area contributed by atoms with Crippen LogP contribution in [0.25, 0.3) is 0 Å². The van der Waals surface area contributed by atoms with E-state index in [1.54, 1.807) is 0 Å². The monoisotopic (exact) mass is 188 g/mol. The number of hydrogen-bond donors (Lipinski definition) is 1. The van der Waals surface area contributed by atoms with Crippen molar-refractivity contribution in [3.8, 4) is 0 Å². The van der Waals surface area contributed by atoms with Crippen LogP contribution in [-0.2, 0) is 14.4 Å². The minimum atomic E-state index is -0.620. The molecule has 0 saturated carbocycles. The van der Waals surface area contributed by atoms with E-state index in [9.17, 15) is 14.4 Å². The topological polar surface area (TPSA) is 80.5 Å².